The van der Waals surface area contributed by atoms with E-state index in [4.69, 9.17) is 5.73 Å². The van der Waals surface area contributed by atoms with Crippen molar-refractivity contribution in [2.45, 2.75) is 13.5 Å². The van der Waals surface area contributed by atoms with E-state index in [2.05, 4.69) is 5.32 Å². The summed E-state index contributed by atoms with van der Waals surface area (Å²) in [5.41, 5.74) is 7.88. The zero-order valence-corrected chi connectivity index (χ0v) is 11.5. The van der Waals surface area contributed by atoms with Crippen LogP contribution in [-0.2, 0) is 6.54 Å². The van der Waals surface area contributed by atoms with Gasteiger partial charge in [-0.05, 0) is 30.7 Å². The summed E-state index contributed by atoms with van der Waals surface area (Å²) in [6.07, 6.45) is 0. The normalized spacial score (nSPS) is 10.2. The van der Waals surface area contributed by atoms with Gasteiger partial charge in [-0.1, -0.05) is 18.2 Å². The summed E-state index contributed by atoms with van der Waals surface area (Å²) < 4.78 is 0. The Morgan fingerprint density at radius 3 is 2.62 bits per heavy atom. The minimum Gasteiger partial charge on any atom is -0.326 e. The van der Waals surface area contributed by atoms with Crippen LogP contribution >= 0.6 is 0 Å². The van der Waals surface area contributed by atoms with Gasteiger partial charge in [0.2, 0.25) is 0 Å². The first-order valence-electron chi connectivity index (χ1n) is 6.37. The highest BCUT2D eigenvalue weighted by molar-refractivity contribution is 6.04. The molecule has 0 saturated carbocycles. The lowest BCUT2D eigenvalue weighted by atomic mass is 10.1. The molecular weight excluding hydrogens is 270 g/mol. The number of nitro groups is 1. The van der Waals surface area contributed by atoms with Crippen LogP contribution in [0.4, 0.5) is 11.4 Å². The fraction of sp³-hybridized carbons (Fsp3) is 0.133. The summed E-state index contributed by atoms with van der Waals surface area (Å²) in [6.45, 7) is 1.92. The van der Waals surface area contributed by atoms with Crippen molar-refractivity contribution in [1.82, 2.24) is 0 Å². The van der Waals surface area contributed by atoms with Gasteiger partial charge in [0.25, 0.3) is 11.6 Å². The van der Waals surface area contributed by atoms with Crippen LogP contribution < -0.4 is 11.1 Å². The van der Waals surface area contributed by atoms with E-state index in [0.717, 1.165) is 5.56 Å². The van der Waals surface area contributed by atoms with Gasteiger partial charge in [-0.2, -0.15) is 0 Å². The molecule has 0 aromatic heterocycles. The van der Waals surface area contributed by atoms with Crippen molar-refractivity contribution in [2.75, 3.05) is 5.32 Å². The van der Waals surface area contributed by atoms with Crippen molar-refractivity contribution >= 4 is 17.3 Å². The number of rotatable bonds is 4. The zero-order chi connectivity index (χ0) is 15.4. The van der Waals surface area contributed by atoms with Gasteiger partial charge in [0.15, 0.2) is 0 Å². The topological polar surface area (TPSA) is 98.3 Å². The Hall–Kier alpha value is -2.73. The molecule has 0 saturated heterocycles. The Balaban J connectivity index is 2.25. The number of para-hydroxylation sites is 1. The number of nitro benzene ring substituents is 1. The van der Waals surface area contributed by atoms with Gasteiger partial charge in [-0.25, -0.2) is 0 Å². The number of nitrogens with two attached hydrogens (primary N) is 1. The lowest BCUT2D eigenvalue weighted by Crippen LogP contribution is -2.14. The Morgan fingerprint density at radius 1 is 1.29 bits per heavy atom. The number of nitrogens with one attached hydrogen (secondary N) is 1. The number of hydrogen-bond acceptors (Lipinski definition) is 4. The van der Waals surface area contributed by atoms with Gasteiger partial charge in [0, 0.05) is 29.4 Å². The maximum absolute atomic E-state index is 12.2. The predicted molar refractivity (Wildman–Crippen MR) is 80.1 cm³/mol. The average Bonchev–Trinajstić information content (AvgIpc) is 2.47. The Bertz CT molecular complexity index is 698. The zero-order valence-electron chi connectivity index (χ0n) is 11.5. The Morgan fingerprint density at radius 2 is 2.00 bits per heavy atom. The minimum absolute atomic E-state index is 0.00564. The largest absolute Gasteiger partial charge is 0.326 e. The molecule has 2 aromatic rings. The number of carbonyl (C=O) groups excluding carboxylic acids is 1. The number of nitrogens with zero attached hydrogens (tertiary/aromatic N) is 1. The third-order valence-corrected chi connectivity index (χ3v) is 3.14. The molecule has 0 aliphatic carbocycles. The Labute approximate surface area is 121 Å². The van der Waals surface area contributed by atoms with E-state index >= 15 is 0 Å². The molecule has 3 N–H and O–H groups in total. The molecule has 0 aliphatic rings. The number of hydrogen-bond donors (Lipinski definition) is 2. The monoisotopic (exact) mass is 285 g/mol. The van der Waals surface area contributed by atoms with Gasteiger partial charge in [-0.3, -0.25) is 14.9 Å². The van der Waals surface area contributed by atoms with Crippen molar-refractivity contribution in [3.63, 3.8) is 0 Å². The van der Waals surface area contributed by atoms with Crippen LogP contribution in [-0.4, -0.2) is 10.8 Å². The predicted octanol–water partition coefficient (Wildman–Crippen LogP) is 2.61. The van der Waals surface area contributed by atoms with Crippen molar-refractivity contribution < 1.29 is 9.72 Å². The summed E-state index contributed by atoms with van der Waals surface area (Å²) in [7, 11) is 0. The quantitative estimate of drug-likeness (QED) is 0.666. The second-order valence-corrected chi connectivity index (χ2v) is 4.57. The van der Waals surface area contributed by atoms with E-state index < -0.39 is 4.92 Å². The van der Waals surface area contributed by atoms with E-state index in [1.807, 2.05) is 12.1 Å². The molecule has 21 heavy (non-hydrogen) atoms. The molecule has 0 bridgehead atoms. The van der Waals surface area contributed by atoms with E-state index in [0.29, 0.717) is 23.4 Å². The second kappa shape index (κ2) is 6.15. The highest BCUT2D eigenvalue weighted by Crippen LogP contribution is 2.20. The summed E-state index contributed by atoms with van der Waals surface area (Å²) in [6, 6.07) is 11.5. The molecule has 0 fully saturated rings. The molecule has 0 aliphatic heterocycles. The Kier molecular flexibility index (Phi) is 4.30. The molecule has 1 amide bonds. The van der Waals surface area contributed by atoms with Crippen molar-refractivity contribution in [3.8, 4) is 0 Å². The van der Waals surface area contributed by atoms with Crippen LogP contribution in [0.5, 0.6) is 0 Å². The SMILES string of the molecule is Cc1cc(C(=O)Nc2ccccc2CN)ccc1[N+](=O)[O-]. The molecular formula is C15H15N3O3. The van der Waals surface area contributed by atoms with E-state index in [1.165, 1.54) is 18.2 Å². The van der Waals surface area contributed by atoms with Crippen molar-refractivity contribution in [3.05, 3.63) is 69.3 Å². The first-order valence-corrected chi connectivity index (χ1v) is 6.37. The second-order valence-electron chi connectivity index (χ2n) is 4.57. The number of anilines is 1. The maximum atomic E-state index is 12.2. The first-order chi connectivity index (χ1) is 10.0. The van der Waals surface area contributed by atoms with Gasteiger partial charge in [-0.15, -0.1) is 0 Å². The molecule has 6 nitrogen and oxygen atoms in total. The molecule has 0 radical (unpaired) electrons. The maximum Gasteiger partial charge on any atom is 0.272 e. The summed E-state index contributed by atoms with van der Waals surface area (Å²) in [5.74, 6) is -0.325. The lowest BCUT2D eigenvalue weighted by Gasteiger charge is -2.10. The molecule has 6 heteroatoms. The van der Waals surface area contributed by atoms with Gasteiger partial charge in [0.05, 0.1) is 4.92 Å². The summed E-state index contributed by atoms with van der Waals surface area (Å²) in [4.78, 5) is 22.5. The fourth-order valence-electron chi connectivity index (χ4n) is 2.02. The van der Waals surface area contributed by atoms with E-state index in [1.54, 1.807) is 19.1 Å². The average molecular weight is 285 g/mol. The smallest absolute Gasteiger partial charge is 0.272 e. The number of amides is 1. The van der Waals surface area contributed by atoms with Crippen molar-refractivity contribution in [2.24, 2.45) is 5.73 Å². The van der Waals surface area contributed by atoms with Gasteiger partial charge in [0.1, 0.15) is 0 Å². The van der Waals surface area contributed by atoms with Crippen LogP contribution in [0.1, 0.15) is 21.5 Å². The first kappa shape index (κ1) is 14.7. The summed E-state index contributed by atoms with van der Waals surface area (Å²) in [5, 5.41) is 13.5. The molecule has 0 heterocycles. The molecule has 2 aromatic carbocycles. The van der Waals surface area contributed by atoms with Crippen LogP contribution in [0, 0.1) is 17.0 Å². The summed E-state index contributed by atoms with van der Waals surface area (Å²) >= 11 is 0. The third-order valence-electron chi connectivity index (χ3n) is 3.14. The van der Waals surface area contributed by atoms with E-state index in [9.17, 15) is 14.9 Å². The van der Waals surface area contributed by atoms with E-state index in [-0.39, 0.29) is 11.6 Å². The van der Waals surface area contributed by atoms with Crippen LogP contribution in [0.25, 0.3) is 0 Å². The molecule has 0 spiro atoms. The molecule has 0 unspecified atom stereocenters. The molecule has 0 atom stereocenters. The highest BCUT2D eigenvalue weighted by Gasteiger charge is 2.14. The highest BCUT2D eigenvalue weighted by atomic mass is 16.6. The van der Waals surface area contributed by atoms with Crippen LogP contribution in [0.15, 0.2) is 42.5 Å². The van der Waals surface area contributed by atoms with Gasteiger partial charge >= 0.3 is 0 Å². The number of aryl methyl sites for hydroxylation is 1. The molecule has 2 rings (SSSR count). The fourth-order valence-corrected chi connectivity index (χ4v) is 2.02. The lowest BCUT2D eigenvalue weighted by molar-refractivity contribution is -0.385. The van der Waals surface area contributed by atoms with Crippen LogP contribution in [0.2, 0.25) is 0 Å². The molecule has 108 valence electrons. The minimum atomic E-state index is -0.471. The van der Waals surface area contributed by atoms with Gasteiger partial charge < -0.3 is 11.1 Å². The number of benzene rings is 2. The third kappa shape index (κ3) is 3.24. The van der Waals surface area contributed by atoms with Crippen LogP contribution in [0.3, 0.4) is 0 Å². The van der Waals surface area contributed by atoms with Crippen molar-refractivity contribution in [1.29, 1.82) is 0 Å². The number of carbonyl (C=O) groups is 1. The standard InChI is InChI=1S/C15H15N3O3/c1-10-8-11(6-7-14(10)18(20)21)15(19)17-13-5-3-2-4-12(13)9-16/h2-8H,9,16H2,1H3,(H,17,19).